The number of benzene rings is 1. The van der Waals surface area contributed by atoms with Gasteiger partial charge in [0.25, 0.3) is 0 Å². The van der Waals surface area contributed by atoms with E-state index in [-0.39, 0.29) is 24.8 Å². The van der Waals surface area contributed by atoms with Crippen LogP contribution in [0.5, 0.6) is 0 Å². The molecule has 0 nitrogen and oxygen atoms in total. The van der Waals surface area contributed by atoms with Gasteiger partial charge in [0.1, 0.15) is 0 Å². The summed E-state index contributed by atoms with van der Waals surface area (Å²) in [7, 11) is 0. The molecule has 1 aromatic carbocycles. The third-order valence-corrected chi connectivity index (χ3v) is 22.6. The van der Waals surface area contributed by atoms with E-state index in [0.717, 1.165) is 5.54 Å². The predicted octanol–water partition coefficient (Wildman–Crippen LogP) is -0.354. The standard InChI is InChI=1S/C11H13Si.C8H11.2ClH.Hf/c1-12(2)11-8-7-9-5-3-4-6-10(9)11;1-2-5-8-6-3-4-7-8;;;/h3-8,11H,1-2H3;6-7H,2-3,5H2,1H3;2*1H;/q;;;;+2/p-2. The van der Waals surface area contributed by atoms with Gasteiger partial charge < -0.3 is 24.8 Å². The SMILES string of the molecule is CCCC1=CC[C]([Hf+2][Si](C)(C)C2C=Cc3ccccc32)=C1.[Cl-].[Cl-]. The Balaban J connectivity index is 0.00000132. The summed E-state index contributed by atoms with van der Waals surface area (Å²) in [5.41, 5.74) is 5.47. The molecule has 0 amide bonds. The molecule has 3 rings (SSSR count). The molecule has 0 radical (unpaired) electrons. The zero-order valence-corrected chi connectivity index (χ0v) is 20.2. The maximum absolute atomic E-state index is 2.64. The monoisotopic (exact) mass is 530 g/mol. The van der Waals surface area contributed by atoms with Crippen LogP contribution < -0.4 is 24.8 Å². The van der Waals surface area contributed by atoms with Crippen molar-refractivity contribution in [3.63, 3.8) is 0 Å². The van der Waals surface area contributed by atoms with Crippen LogP contribution in [0.3, 0.4) is 0 Å². The number of allylic oxidation sites excluding steroid dienone is 5. The maximum atomic E-state index is 2.64. The first-order chi connectivity index (χ1) is 10.1. The molecule has 4 heteroatoms. The van der Waals surface area contributed by atoms with Crippen molar-refractivity contribution in [2.75, 3.05) is 0 Å². The molecule has 0 fully saturated rings. The van der Waals surface area contributed by atoms with E-state index in [1.807, 2.05) is 3.33 Å². The Kier molecular flexibility index (Phi) is 8.26. The predicted molar refractivity (Wildman–Crippen MR) is 91.4 cm³/mol. The quantitative estimate of drug-likeness (QED) is 0.458. The summed E-state index contributed by atoms with van der Waals surface area (Å²) < 4.78 is 1.87. The second kappa shape index (κ2) is 8.99. The van der Waals surface area contributed by atoms with E-state index in [0.29, 0.717) is 0 Å². The molecular formula is C19H24Cl2HfSi. The molecule has 0 bridgehead atoms. The number of hydrogen-bond donors (Lipinski definition) is 0. The molecule has 2 aliphatic rings. The molecule has 1 aromatic rings. The van der Waals surface area contributed by atoms with Crippen molar-refractivity contribution in [1.82, 2.24) is 0 Å². The van der Waals surface area contributed by atoms with Crippen LogP contribution in [0.25, 0.3) is 6.08 Å². The average molecular weight is 530 g/mol. The molecule has 0 aliphatic heterocycles. The molecule has 0 saturated carbocycles. The fraction of sp³-hybridized carbons (Fsp3) is 0.368. The smallest absolute Gasteiger partial charge is 1.00 e. The molecule has 2 aliphatic carbocycles. The fourth-order valence-corrected chi connectivity index (χ4v) is 22.5. The molecule has 1 atom stereocenters. The number of hydrogen-bond acceptors (Lipinski definition) is 0. The third kappa shape index (κ3) is 4.81. The van der Waals surface area contributed by atoms with E-state index < -0.39 is 27.3 Å². The van der Waals surface area contributed by atoms with E-state index in [9.17, 15) is 0 Å². The Labute approximate surface area is 164 Å². The van der Waals surface area contributed by atoms with Crippen molar-refractivity contribution in [2.24, 2.45) is 0 Å². The van der Waals surface area contributed by atoms with Crippen LogP contribution in [0, 0.1) is 0 Å². The van der Waals surface area contributed by atoms with Gasteiger partial charge in [-0.05, 0) is 0 Å². The number of halogens is 2. The Morgan fingerprint density at radius 1 is 1.17 bits per heavy atom. The summed E-state index contributed by atoms with van der Waals surface area (Å²) in [5, 5.41) is -1.13. The van der Waals surface area contributed by atoms with Crippen LogP contribution in [0.1, 0.15) is 42.9 Å². The van der Waals surface area contributed by atoms with Gasteiger partial charge in [-0.1, -0.05) is 0 Å². The molecule has 0 heterocycles. The van der Waals surface area contributed by atoms with Gasteiger partial charge in [-0.25, -0.2) is 0 Å². The van der Waals surface area contributed by atoms with Crippen molar-refractivity contribution >= 4 is 11.3 Å². The van der Waals surface area contributed by atoms with Gasteiger partial charge in [0.15, 0.2) is 0 Å². The van der Waals surface area contributed by atoms with E-state index >= 15 is 0 Å². The van der Waals surface area contributed by atoms with E-state index in [1.165, 1.54) is 24.8 Å². The Bertz CT molecular complexity index is 632. The minimum Gasteiger partial charge on any atom is -1.00 e. The van der Waals surface area contributed by atoms with Crippen LogP contribution in [-0.4, -0.2) is 5.26 Å². The summed E-state index contributed by atoms with van der Waals surface area (Å²) >= 11 is -0.681. The van der Waals surface area contributed by atoms with Crippen molar-refractivity contribution in [3.8, 4) is 0 Å². The summed E-state index contributed by atoms with van der Waals surface area (Å²) in [6.45, 7) is 7.57. The van der Waals surface area contributed by atoms with Gasteiger partial charge in [0.2, 0.25) is 0 Å². The van der Waals surface area contributed by atoms with Crippen molar-refractivity contribution in [3.05, 3.63) is 62.5 Å². The minimum absolute atomic E-state index is 0. The first kappa shape index (κ1) is 21.2. The second-order valence-electron chi connectivity index (χ2n) is 6.72. The molecule has 0 aromatic heterocycles. The van der Waals surface area contributed by atoms with Crippen LogP contribution in [0.4, 0.5) is 0 Å². The van der Waals surface area contributed by atoms with E-state index in [1.54, 1.807) is 11.1 Å². The van der Waals surface area contributed by atoms with Gasteiger partial charge in [0, 0.05) is 0 Å². The fourth-order valence-electron chi connectivity index (χ4n) is 3.50. The maximum Gasteiger partial charge on any atom is -1.00 e. The second-order valence-corrected chi connectivity index (χ2v) is 29.9. The van der Waals surface area contributed by atoms with Gasteiger partial charge in [-0.2, -0.15) is 0 Å². The van der Waals surface area contributed by atoms with Gasteiger partial charge >= 0.3 is 141 Å². The molecular weight excluding hydrogens is 506 g/mol. The zero-order chi connectivity index (χ0) is 14.9. The van der Waals surface area contributed by atoms with Crippen molar-refractivity contribution in [1.29, 1.82) is 0 Å². The normalized spacial score (nSPS) is 18.3. The number of rotatable bonds is 5. The Morgan fingerprint density at radius 3 is 2.65 bits per heavy atom. The molecule has 0 spiro atoms. The van der Waals surface area contributed by atoms with Gasteiger partial charge in [-0.3, -0.25) is 0 Å². The minimum atomic E-state index is -1.13. The summed E-state index contributed by atoms with van der Waals surface area (Å²) in [4.78, 5) is 0. The summed E-state index contributed by atoms with van der Waals surface area (Å²) in [5.74, 6) is 0. The average Bonchev–Trinajstić information content (AvgIpc) is 3.05. The van der Waals surface area contributed by atoms with Crippen molar-refractivity contribution in [2.45, 2.75) is 44.8 Å². The van der Waals surface area contributed by atoms with Crippen molar-refractivity contribution < 1.29 is 46.9 Å². The zero-order valence-electron chi connectivity index (χ0n) is 14.1. The largest absolute Gasteiger partial charge is 1.00 e. The van der Waals surface area contributed by atoms with Crippen LogP contribution in [0.15, 0.2) is 51.4 Å². The van der Waals surface area contributed by atoms with E-state index in [4.69, 9.17) is 0 Å². The molecule has 1 unspecified atom stereocenters. The molecule has 0 N–H and O–H groups in total. The first-order valence-electron chi connectivity index (χ1n) is 8.05. The molecule has 122 valence electrons. The van der Waals surface area contributed by atoms with Crippen LogP contribution in [0.2, 0.25) is 13.1 Å². The summed E-state index contributed by atoms with van der Waals surface area (Å²) in [6.07, 6.45) is 13.8. The Hall–Kier alpha value is 0.107. The number of fused-ring (bicyclic) bond motifs is 1. The van der Waals surface area contributed by atoms with Gasteiger partial charge in [0.05, 0.1) is 0 Å². The molecule has 23 heavy (non-hydrogen) atoms. The van der Waals surface area contributed by atoms with E-state index in [2.05, 4.69) is 68.6 Å². The first-order valence-corrected chi connectivity index (χ1v) is 18.3. The van der Waals surface area contributed by atoms with Gasteiger partial charge in [-0.15, -0.1) is 0 Å². The Morgan fingerprint density at radius 2 is 1.91 bits per heavy atom. The van der Waals surface area contributed by atoms with Crippen LogP contribution in [-0.2, 0) is 22.1 Å². The molecule has 0 saturated heterocycles. The van der Waals surface area contributed by atoms with Crippen LogP contribution >= 0.6 is 0 Å². The topological polar surface area (TPSA) is 0 Å². The summed E-state index contributed by atoms with van der Waals surface area (Å²) in [6, 6.07) is 9.02. The third-order valence-electron chi connectivity index (χ3n) is 4.54.